The van der Waals surface area contributed by atoms with Crippen molar-refractivity contribution < 1.29 is 18.1 Å². The number of ether oxygens (including phenoxy) is 1. The Labute approximate surface area is 163 Å². The highest BCUT2D eigenvalue weighted by Gasteiger charge is 2.44. The van der Waals surface area contributed by atoms with Crippen LogP contribution in [0.4, 0.5) is 5.69 Å². The predicted octanol–water partition coefficient (Wildman–Crippen LogP) is 1.87. The van der Waals surface area contributed by atoms with Gasteiger partial charge in [-0.3, -0.25) is 15.0 Å². The van der Waals surface area contributed by atoms with Gasteiger partial charge in [0, 0.05) is 38.3 Å². The topological polar surface area (TPSA) is 93.0 Å². The lowest BCUT2D eigenvalue weighted by Crippen LogP contribution is -2.50. The molecule has 0 aliphatic carbocycles. The number of nitrogens with zero attached hydrogens (tertiary/aromatic N) is 3. The molecule has 2 aliphatic heterocycles. The van der Waals surface area contributed by atoms with Crippen molar-refractivity contribution in [2.45, 2.75) is 23.6 Å². The molecule has 28 heavy (non-hydrogen) atoms. The molecule has 0 unspecified atom stereocenters. The Morgan fingerprint density at radius 2 is 1.79 bits per heavy atom. The maximum Gasteiger partial charge on any atom is 0.269 e. The number of rotatable bonds is 5. The van der Waals surface area contributed by atoms with E-state index in [2.05, 4.69) is 17.0 Å². The second kappa shape index (κ2) is 7.59. The monoisotopic (exact) mass is 403 g/mol. The third kappa shape index (κ3) is 3.66. The van der Waals surface area contributed by atoms with Gasteiger partial charge in [0.05, 0.1) is 28.6 Å². The Kier molecular flexibility index (Phi) is 5.15. The molecule has 2 aliphatic rings. The quantitative estimate of drug-likeness (QED) is 0.559. The molecule has 0 saturated carbocycles. The number of benzene rings is 2. The number of sulfonamides is 1. The van der Waals surface area contributed by atoms with Crippen molar-refractivity contribution in [1.82, 2.24) is 9.21 Å². The van der Waals surface area contributed by atoms with E-state index in [1.54, 1.807) is 0 Å². The van der Waals surface area contributed by atoms with Gasteiger partial charge in [-0.1, -0.05) is 30.3 Å². The minimum atomic E-state index is -3.73. The smallest absolute Gasteiger partial charge is 0.269 e. The molecule has 2 saturated heterocycles. The van der Waals surface area contributed by atoms with Gasteiger partial charge in [0.1, 0.15) is 0 Å². The molecule has 0 N–H and O–H groups in total. The third-order valence-corrected chi connectivity index (χ3v) is 7.14. The molecule has 4 rings (SSSR count). The fraction of sp³-hybridized carbons (Fsp3) is 0.368. The Balaban J connectivity index is 1.52. The van der Waals surface area contributed by atoms with Crippen LogP contribution in [0.15, 0.2) is 59.5 Å². The van der Waals surface area contributed by atoms with E-state index in [9.17, 15) is 18.5 Å². The lowest BCUT2D eigenvalue weighted by molar-refractivity contribution is -0.384. The first-order valence-electron chi connectivity index (χ1n) is 9.09. The minimum absolute atomic E-state index is 0.0122. The van der Waals surface area contributed by atoms with E-state index in [1.165, 1.54) is 34.1 Å². The molecule has 9 heteroatoms. The van der Waals surface area contributed by atoms with Crippen LogP contribution in [0.25, 0.3) is 0 Å². The fourth-order valence-corrected chi connectivity index (χ4v) is 5.29. The number of nitro benzene ring substituents is 1. The van der Waals surface area contributed by atoms with Crippen molar-refractivity contribution in [3.05, 3.63) is 70.3 Å². The van der Waals surface area contributed by atoms with E-state index < -0.39 is 14.9 Å². The maximum absolute atomic E-state index is 13.0. The summed E-state index contributed by atoms with van der Waals surface area (Å²) in [5, 5.41) is 10.8. The Bertz CT molecular complexity index is 949. The van der Waals surface area contributed by atoms with Gasteiger partial charge in [-0.25, -0.2) is 8.42 Å². The third-order valence-electron chi connectivity index (χ3n) is 5.30. The number of non-ortho nitro benzene ring substituents is 1. The molecule has 0 bridgehead atoms. The Hall–Kier alpha value is -2.33. The summed E-state index contributed by atoms with van der Waals surface area (Å²) in [6.07, 6.45) is -0.176. The summed E-state index contributed by atoms with van der Waals surface area (Å²) >= 11 is 0. The van der Waals surface area contributed by atoms with Crippen molar-refractivity contribution in [1.29, 1.82) is 0 Å². The van der Waals surface area contributed by atoms with E-state index in [0.717, 1.165) is 13.1 Å². The fourth-order valence-electron chi connectivity index (χ4n) is 3.82. The molecular weight excluding hydrogens is 382 g/mol. The van der Waals surface area contributed by atoms with Crippen LogP contribution in [0, 0.1) is 10.1 Å². The van der Waals surface area contributed by atoms with Crippen LogP contribution in [0.3, 0.4) is 0 Å². The molecule has 148 valence electrons. The highest BCUT2D eigenvalue weighted by Crippen LogP contribution is 2.29. The van der Waals surface area contributed by atoms with Crippen LogP contribution in [0.5, 0.6) is 0 Å². The van der Waals surface area contributed by atoms with Crippen molar-refractivity contribution in [2.24, 2.45) is 0 Å². The Morgan fingerprint density at radius 3 is 2.46 bits per heavy atom. The van der Waals surface area contributed by atoms with Crippen LogP contribution in [0.2, 0.25) is 0 Å². The summed E-state index contributed by atoms with van der Waals surface area (Å²) < 4.78 is 33.3. The normalized spacial score (nSPS) is 23.4. The van der Waals surface area contributed by atoms with Gasteiger partial charge >= 0.3 is 0 Å². The standard InChI is InChI=1S/C19H21N3O5S/c23-22(24)16-6-8-17(9-7-16)28(25,26)21-13-18-19(14-21)27-11-10-20(18)12-15-4-2-1-3-5-15/h1-9,18-19H,10-14H2/t18-,19-/m0/s1. The molecule has 2 atom stereocenters. The van der Waals surface area contributed by atoms with Gasteiger partial charge in [-0.05, 0) is 17.7 Å². The molecule has 2 heterocycles. The average Bonchev–Trinajstić information content (AvgIpc) is 3.15. The van der Waals surface area contributed by atoms with Gasteiger partial charge in [-0.15, -0.1) is 0 Å². The number of hydrogen-bond acceptors (Lipinski definition) is 6. The van der Waals surface area contributed by atoms with Crippen molar-refractivity contribution in [3.8, 4) is 0 Å². The largest absolute Gasteiger partial charge is 0.374 e. The minimum Gasteiger partial charge on any atom is -0.374 e. The SMILES string of the molecule is O=[N+]([O-])c1ccc(S(=O)(=O)N2C[C@@H]3OCCN(Cc4ccccc4)[C@H]3C2)cc1. The molecule has 0 spiro atoms. The van der Waals surface area contributed by atoms with Crippen molar-refractivity contribution in [2.75, 3.05) is 26.2 Å². The first-order chi connectivity index (χ1) is 13.4. The molecule has 0 amide bonds. The Morgan fingerprint density at radius 1 is 1.07 bits per heavy atom. The highest BCUT2D eigenvalue weighted by molar-refractivity contribution is 7.89. The molecule has 2 aromatic rings. The summed E-state index contributed by atoms with van der Waals surface area (Å²) in [6.45, 7) is 2.70. The summed E-state index contributed by atoms with van der Waals surface area (Å²) in [6, 6.07) is 15.1. The number of morpholine rings is 1. The maximum atomic E-state index is 13.0. The molecule has 2 aromatic carbocycles. The summed E-state index contributed by atoms with van der Waals surface area (Å²) in [7, 11) is -3.73. The number of fused-ring (bicyclic) bond motifs is 1. The molecular formula is C19H21N3O5S. The van der Waals surface area contributed by atoms with Gasteiger partial charge in [0.15, 0.2) is 0 Å². The van der Waals surface area contributed by atoms with Crippen LogP contribution >= 0.6 is 0 Å². The van der Waals surface area contributed by atoms with E-state index in [4.69, 9.17) is 4.74 Å². The molecule has 2 fully saturated rings. The zero-order chi connectivity index (χ0) is 19.7. The lowest BCUT2D eigenvalue weighted by Gasteiger charge is -2.36. The van der Waals surface area contributed by atoms with E-state index >= 15 is 0 Å². The number of hydrogen-bond donors (Lipinski definition) is 0. The van der Waals surface area contributed by atoms with E-state index in [-0.39, 0.29) is 29.3 Å². The van der Waals surface area contributed by atoms with Gasteiger partial charge < -0.3 is 4.74 Å². The zero-order valence-electron chi connectivity index (χ0n) is 15.2. The summed E-state index contributed by atoms with van der Waals surface area (Å²) in [4.78, 5) is 12.6. The first-order valence-corrected chi connectivity index (χ1v) is 10.5. The zero-order valence-corrected chi connectivity index (χ0v) is 16.0. The van der Waals surface area contributed by atoms with Crippen LogP contribution in [0.1, 0.15) is 5.56 Å². The number of nitro groups is 1. The van der Waals surface area contributed by atoms with E-state index in [1.807, 2.05) is 18.2 Å². The van der Waals surface area contributed by atoms with Gasteiger partial charge in [0.2, 0.25) is 10.0 Å². The van der Waals surface area contributed by atoms with Crippen LogP contribution in [-0.2, 0) is 21.3 Å². The summed E-state index contributed by atoms with van der Waals surface area (Å²) in [5.74, 6) is 0. The average molecular weight is 403 g/mol. The highest BCUT2D eigenvalue weighted by atomic mass is 32.2. The van der Waals surface area contributed by atoms with Crippen molar-refractivity contribution in [3.63, 3.8) is 0 Å². The van der Waals surface area contributed by atoms with Crippen LogP contribution < -0.4 is 0 Å². The summed E-state index contributed by atoms with van der Waals surface area (Å²) in [5.41, 5.74) is 1.05. The first kappa shape index (κ1) is 19.0. The van der Waals surface area contributed by atoms with Crippen LogP contribution in [-0.4, -0.2) is 60.9 Å². The van der Waals surface area contributed by atoms with E-state index in [0.29, 0.717) is 13.2 Å². The predicted molar refractivity (Wildman–Crippen MR) is 102 cm³/mol. The second-order valence-corrected chi connectivity index (χ2v) is 8.94. The molecule has 0 aromatic heterocycles. The van der Waals surface area contributed by atoms with Gasteiger partial charge in [-0.2, -0.15) is 4.31 Å². The lowest BCUT2D eigenvalue weighted by atomic mass is 10.1. The van der Waals surface area contributed by atoms with Crippen molar-refractivity contribution >= 4 is 15.7 Å². The second-order valence-electron chi connectivity index (χ2n) is 7.01. The van der Waals surface area contributed by atoms with Gasteiger partial charge in [0.25, 0.3) is 5.69 Å². The molecule has 8 nitrogen and oxygen atoms in total. The molecule has 0 radical (unpaired) electrons.